The second-order valence-electron chi connectivity index (χ2n) is 5.04. The normalized spacial score (nSPS) is 16.5. The van der Waals surface area contributed by atoms with E-state index in [0.717, 1.165) is 25.9 Å². The van der Waals surface area contributed by atoms with Gasteiger partial charge in [0.15, 0.2) is 0 Å². The molecule has 1 aliphatic heterocycles. The lowest BCUT2D eigenvalue weighted by atomic mass is 10.0. The largest absolute Gasteiger partial charge is 0.358 e. The van der Waals surface area contributed by atoms with Crippen molar-refractivity contribution in [1.29, 1.82) is 0 Å². The Balaban J connectivity index is 1.81. The highest BCUT2D eigenvalue weighted by molar-refractivity contribution is 5.92. The van der Waals surface area contributed by atoms with Crippen molar-refractivity contribution in [3.05, 3.63) is 29.8 Å². The van der Waals surface area contributed by atoms with Gasteiger partial charge in [-0.3, -0.25) is 14.5 Å². The Hall–Kier alpha value is -2.02. The predicted molar refractivity (Wildman–Crippen MR) is 75.2 cm³/mol. The molecular weight excluding hydrogens is 275 g/mol. The van der Waals surface area contributed by atoms with E-state index in [1.165, 1.54) is 18.2 Å². The number of piperidine rings is 1. The smallest absolute Gasteiger partial charge is 0.270 e. The second-order valence-corrected chi connectivity index (χ2v) is 5.04. The molecule has 7 heteroatoms. The van der Waals surface area contributed by atoms with Gasteiger partial charge in [0.1, 0.15) is 5.69 Å². The van der Waals surface area contributed by atoms with Crippen molar-refractivity contribution in [1.82, 2.24) is 20.5 Å². The molecule has 1 aliphatic rings. The molecule has 0 radical (unpaired) electrons. The fraction of sp³-hybridized carbons (Fsp3) is 0.500. The topological polar surface area (TPSA) is 74.3 Å². The number of carbonyl (C=O) groups excluding carboxylic acids is 2. The number of halogens is 1. The average molecular weight is 294 g/mol. The minimum atomic E-state index is -0.664. The van der Waals surface area contributed by atoms with Crippen LogP contribution in [-0.4, -0.2) is 54.4 Å². The molecule has 0 spiro atoms. The zero-order valence-corrected chi connectivity index (χ0v) is 11.9. The highest BCUT2D eigenvalue weighted by Gasteiger charge is 2.22. The number of rotatable bonds is 4. The average Bonchev–Trinajstić information content (AvgIpc) is 2.49. The van der Waals surface area contributed by atoms with Crippen LogP contribution < -0.4 is 10.6 Å². The summed E-state index contributed by atoms with van der Waals surface area (Å²) < 4.78 is 13.0. The Morgan fingerprint density at radius 3 is 2.71 bits per heavy atom. The number of hydrogen-bond donors (Lipinski definition) is 2. The molecule has 114 valence electrons. The van der Waals surface area contributed by atoms with Crippen LogP contribution in [0, 0.1) is 5.95 Å². The summed E-state index contributed by atoms with van der Waals surface area (Å²) in [5.74, 6) is -1.04. The van der Waals surface area contributed by atoms with Crippen molar-refractivity contribution in [2.75, 3.05) is 26.7 Å². The van der Waals surface area contributed by atoms with E-state index in [-0.39, 0.29) is 23.6 Å². The van der Waals surface area contributed by atoms with Crippen LogP contribution in [0.2, 0.25) is 0 Å². The quantitative estimate of drug-likeness (QED) is 0.776. The highest BCUT2D eigenvalue weighted by atomic mass is 19.1. The Labute approximate surface area is 122 Å². The van der Waals surface area contributed by atoms with Crippen LogP contribution in [0.1, 0.15) is 23.3 Å². The first-order valence-electron chi connectivity index (χ1n) is 6.95. The molecule has 2 amide bonds. The van der Waals surface area contributed by atoms with E-state index in [1.807, 2.05) is 4.90 Å². The number of likely N-dealkylation sites (N-methyl/N-ethyl adjacent to an activating group) is 1. The molecule has 1 fully saturated rings. The Bertz CT molecular complexity index is 515. The summed E-state index contributed by atoms with van der Waals surface area (Å²) in [6, 6.07) is 4.18. The lowest BCUT2D eigenvalue weighted by Gasteiger charge is -2.31. The Morgan fingerprint density at radius 1 is 1.38 bits per heavy atom. The maximum atomic E-state index is 13.0. The van der Waals surface area contributed by atoms with Crippen LogP contribution >= 0.6 is 0 Å². The van der Waals surface area contributed by atoms with Gasteiger partial charge in [0.05, 0.1) is 6.54 Å². The SMILES string of the molecule is CNC(=O)CN1CCC(NC(=O)c2cccc(F)n2)CC1. The van der Waals surface area contributed by atoms with E-state index in [9.17, 15) is 14.0 Å². The summed E-state index contributed by atoms with van der Waals surface area (Å²) in [6.07, 6.45) is 1.52. The van der Waals surface area contributed by atoms with E-state index in [4.69, 9.17) is 0 Å². The first kappa shape index (κ1) is 15.4. The number of amides is 2. The van der Waals surface area contributed by atoms with Crippen molar-refractivity contribution in [2.24, 2.45) is 0 Å². The van der Waals surface area contributed by atoms with Crippen LogP contribution in [0.25, 0.3) is 0 Å². The number of hydrogen-bond acceptors (Lipinski definition) is 4. The number of carbonyl (C=O) groups is 2. The number of pyridine rings is 1. The van der Waals surface area contributed by atoms with Gasteiger partial charge < -0.3 is 10.6 Å². The molecule has 0 aromatic carbocycles. The molecular formula is C14H19FN4O2. The fourth-order valence-electron chi connectivity index (χ4n) is 2.31. The lowest BCUT2D eigenvalue weighted by molar-refractivity contribution is -0.122. The van der Waals surface area contributed by atoms with Gasteiger partial charge in [-0.25, -0.2) is 4.98 Å². The van der Waals surface area contributed by atoms with Crippen LogP contribution in [0.4, 0.5) is 4.39 Å². The van der Waals surface area contributed by atoms with Gasteiger partial charge in [0.25, 0.3) is 5.91 Å². The van der Waals surface area contributed by atoms with Gasteiger partial charge in [-0.05, 0) is 25.0 Å². The van der Waals surface area contributed by atoms with Gasteiger partial charge in [-0.1, -0.05) is 6.07 Å². The van der Waals surface area contributed by atoms with Crippen molar-refractivity contribution >= 4 is 11.8 Å². The standard InChI is InChI=1S/C14H19FN4O2/c1-16-13(20)9-19-7-5-10(6-8-19)17-14(21)11-3-2-4-12(15)18-11/h2-4,10H,5-9H2,1H3,(H,16,20)(H,17,21). The highest BCUT2D eigenvalue weighted by Crippen LogP contribution is 2.10. The fourth-order valence-corrected chi connectivity index (χ4v) is 2.31. The molecule has 0 bridgehead atoms. The first-order chi connectivity index (χ1) is 10.1. The molecule has 0 atom stereocenters. The lowest BCUT2D eigenvalue weighted by Crippen LogP contribution is -2.47. The molecule has 0 aliphatic carbocycles. The molecule has 1 aromatic heterocycles. The Morgan fingerprint density at radius 2 is 2.10 bits per heavy atom. The van der Waals surface area contributed by atoms with Gasteiger partial charge in [-0.2, -0.15) is 4.39 Å². The zero-order chi connectivity index (χ0) is 15.2. The van der Waals surface area contributed by atoms with E-state index in [0.29, 0.717) is 6.54 Å². The van der Waals surface area contributed by atoms with E-state index in [2.05, 4.69) is 15.6 Å². The van der Waals surface area contributed by atoms with Crippen molar-refractivity contribution in [3.8, 4) is 0 Å². The Kier molecular flexibility index (Phi) is 5.21. The molecule has 6 nitrogen and oxygen atoms in total. The molecule has 21 heavy (non-hydrogen) atoms. The number of aromatic nitrogens is 1. The van der Waals surface area contributed by atoms with Gasteiger partial charge in [0, 0.05) is 26.2 Å². The molecule has 2 N–H and O–H groups in total. The maximum Gasteiger partial charge on any atom is 0.270 e. The second kappa shape index (κ2) is 7.12. The van der Waals surface area contributed by atoms with Gasteiger partial charge in [-0.15, -0.1) is 0 Å². The van der Waals surface area contributed by atoms with Crippen LogP contribution in [0.5, 0.6) is 0 Å². The summed E-state index contributed by atoms with van der Waals surface area (Å²) in [5.41, 5.74) is 0.0859. The number of nitrogens with zero attached hydrogens (tertiary/aromatic N) is 2. The maximum absolute atomic E-state index is 13.0. The first-order valence-corrected chi connectivity index (χ1v) is 6.95. The van der Waals surface area contributed by atoms with Gasteiger partial charge in [0.2, 0.25) is 11.9 Å². The van der Waals surface area contributed by atoms with Crippen LogP contribution in [0.3, 0.4) is 0 Å². The van der Waals surface area contributed by atoms with Crippen LogP contribution in [-0.2, 0) is 4.79 Å². The summed E-state index contributed by atoms with van der Waals surface area (Å²) in [6.45, 7) is 1.87. The van der Waals surface area contributed by atoms with Crippen molar-refractivity contribution in [2.45, 2.75) is 18.9 Å². The minimum Gasteiger partial charge on any atom is -0.358 e. The van der Waals surface area contributed by atoms with E-state index in [1.54, 1.807) is 7.05 Å². The molecule has 2 rings (SSSR count). The zero-order valence-electron chi connectivity index (χ0n) is 11.9. The summed E-state index contributed by atoms with van der Waals surface area (Å²) in [7, 11) is 1.61. The third kappa shape index (κ3) is 4.49. The summed E-state index contributed by atoms with van der Waals surface area (Å²) >= 11 is 0. The third-order valence-corrected chi connectivity index (χ3v) is 3.52. The number of nitrogens with one attached hydrogen (secondary N) is 2. The molecule has 0 unspecified atom stereocenters. The monoisotopic (exact) mass is 294 g/mol. The molecule has 2 heterocycles. The molecule has 0 saturated carbocycles. The summed E-state index contributed by atoms with van der Waals surface area (Å²) in [4.78, 5) is 28.8. The number of likely N-dealkylation sites (tertiary alicyclic amines) is 1. The minimum absolute atomic E-state index is 0.0125. The van der Waals surface area contributed by atoms with E-state index >= 15 is 0 Å². The molecule has 1 aromatic rings. The predicted octanol–water partition coefficient (Wildman–Crippen LogP) is 0.161. The van der Waals surface area contributed by atoms with Crippen molar-refractivity contribution in [3.63, 3.8) is 0 Å². The third-order valence-electron chi connectivity index (χ3n) is 3.52. The molecule has 1 saturated heterocycles. The summed E-state index contributed by atoms with van der Waals surface area (Å²) in [5, 5.41) is 5.44. The van der Waals surface area contributed by atoms with Crippen LogP contribution in [0.15, 0.2) is 18.2 Å². The van der Waals surface area contributed by atoms with Crippen molar-refractivity contribution < 1.29 is 14.0 Å². The van der Waals surface area contributed by atoms with E-state index < -0.39 is 5.95 Å². The van der Waals surface area contributed by atoms with Gasteiger partial charge >= 0.3 is 0 Å².